The van der Waals surface area contributed by atoms with Crippen LogP contribution in [0.2, 0.25) is 15.1 Å². The van der Waals surface area contributed by atoms with E-state index >= 15 is 0 Å². The summed E-state index contributed by atoms with van der Waals surface area (Å²) in [5, 5.41) is 3.87. The van der Waals surface area contributed by atoms with Crippen LogP contribution < -0.4 is 9.62 Å². The van der Waals surface area contributed by atoms with E-state index in [0.717, 1.165) is 10.6 Å². The van der Waals surface area contributed by atoms with Gasteiger partial charge in [-0.2, -0.15) is 0 Å². The number of nitrogens with zero attached hydrogens (tertiary/aromatic N) is 2. The largest absolute Gasteiger partial charge is 0.354 e. The highest BCUT2D eigenvalue weighted by atomic mass is 35.5. The smallest absolute Gasteiger partial charge is 0.244 e. The van der Waals surface area contributed by atoms with Crippen molar-refractivity contribution >= 4 is 62.3 Å². The van der Waals surface area contributed by atoms with Crippen LogP contribution in [0.3, 0.4) is 0 Å². The molecule has 0 bridgehead atoms. The molecule has 7 nitrogen and oxygen atoms in total. The number of anilines is 1. The second-order valence-electron chi connectivity index (χ2n) is 8.58. The van der Waals surface area contributed by atoms with Crippen LogP contribution >= 0.6 is 34.8 Å². The zero-order chi connectivity index (χ0) is 26.3. The van der Waals surface area contributed by atoms with Crippen molar-refractivity contribution in [3.8, 4) is 0 Å². The molecule has 0 aliphatic rings. The quantitative estimate of drug-likeness (QED) is 0.418. The Morgan fingerprint density at radius 1 is 1.03 bits per heavy atom. The molecule has 0 saturated heterocycles. The standard InChI is InChI=1S/C24H30Cl3N3O4S/c1-5-22(24(32)28-13-16(2)3)29(14-17-9-10-20(26)21(27)11-17)23(31)15-30(35(4,33)34)19-8-6-7-18(25)12-19/h6-12,16,22H,5,13-15H2,1-4H3,(H,28,32)/t22-/m1/s1. The molecule has 192 valence electrons. The topological polar surface area (TPSA) is 86.8 Å². The average Bonchev–Trinajstić information content (AvgIpc) is 2.77. The zero-order valence-electron chi connectivity index (χ0n) is 20.1. The molecule has 0 aromatic heterocycles. The van der Waals surface area contributed by atoms with Gasteiger partial charge in [0.2, 0.25) is 21.8 Å². The Balaban J connectivity index is 2.44. The molecule has 0 aliphatic carbocycles. The van der Waals surface area contributed by atoms with E-state index in [9.17, 15) is 18.0 Å². The van der Waals surface area contributed by atoms with E-state index in [1.165, 1.54) is 11.0 Å². The number of hydrogen-bond donors (Lipinski definition) is 1. The Kier molecular flexibility index (Phi) is 10.7. The summed E-state index contributed by atoms with van der Waals surface area (Å²) in [6.45, 7) is 5.71. The number of hydrogen-bond acceptors (Lipinski definition) is 4. The van der Waals surface area contributed by atoms with Crippen LogP contribution in [-0.4, -0.2) is 50.5 Å². The summed E-state index contributed by atoms with van der Waals surface area (Å²) in [4.78, 5) is 28.0. The molecule has 0 saturated carbocycles. The molecule has 0 fully saturated rings. The van der Waals surface area contributed by atoms with Crippen LogP contribution in [0.15, 0.2) is 42.5 Å². The summed E-state index contributed by atoms with van der Waals surface area (Å²) >= 11 is 18.2. The molecule has 0 radical (unpaired) electrons. The van der Waals surface area contributed by atoms with Crippen LogP contribution in [0.5, 0.6) is 0 Å². The van der Waals surface area contributed by atoms with Gasteiger partial charge in [-0.3, -0.25) is 13.9 Å². The van der Waals surface area contributed by atoms with Gasteiger partial charge in [0.05, 0.1) is 22.0 Å². The van der Waals surface area contributed by atoms with Gasteiger partial charge in [0.1, 0.15) is 12.6 Å². The number of carbonyl (C=O) groups is 2. The van der Waals surface area contributed by atoms with Gasteiger partial charge in [0.15, 0.2) is 0 Å². The average molecular weight is 563 g/mol. The van der Waals surface area contributed by atoms with Gasteiger partial charge in [0.25, 0.3) is 0 Å². The molecule has 0 spiro atoms. The van der Waals surface area contributed by atoms with E-state index in [0.29, 0.717) is 33.6 Å². The first-order chi connectivity index (χ1) is 16.3. The van der Waals surface area contributed by atoms with Gasteiger partial charge >= 0.3 is 0 Å². The highest BCUT2D eigenvalue weighted by Crippen LogP contribution is 2.25. The summed E-state index contributed by atoms with van der Waals surface area (Å²) in [5.74, 6) is -0.643. The number of nitrogens with one attached hydrogen (secondary N) is 1. The molecule has 2 aromatic carbocycles. The number of sulfonamides is 1. The van der Waals surface area contributed by atoms with E-state index in [1.807, 2.05) is 13.8 Å². The molecular weight excluding hydrogens is 533 g/mol. The van der Waals surface area contributed by atoms with Crippen LogP contribution in [-0.2, 0) is 26.2 Å². The minimum atomic E-state index is -3.83. The predicted octanol–water partition coefficient (Wildman–Crippen LogP) is 4.99. The summed E-state index contributed by atoms with van der Waals surface area (Å²) in [6.07, 6.45) is 1.34. The highest BCUT2D eigenvalue weighted by molar-refractivity contribution is 7.92. The third-order valence-electron chi connectivity index (χ3n) is 5.18. The zero-order valence-corrected chi connectivity index (χ0v) is 23.2. The number of amides is 2. The van der Waals surface area contributed by atoms with Gasteiger partial charge in [-0.1, -0.05) is 67.7 Å². The van der Waals surface area contributed by atoms with Gasteiger partial charge in [-0.15, -0.1) is 0 Å². The maximum Gasteiger partial charge on any atom is 0.244 e. The minimum Gasteiger partial charge on any atom is -0.354 e. The summed E-state index contributed by atoms with van der Waals surface area (Å²) in [7, 11) is -3.83. The first-order valence-corrected chi connectivity index (χ1v) is 14.1. The Labute approximate surface area is 222 Å². The molecule has 1 N–H and O–H groups in total. The van der Waals surface area contributed by atoms with Crippen molar-refractivity contribution in [3.05, 3.63) is 63.1 Å². The predicted molar refractivity (Wildman–Crippen MR) is 143 cm³/mol. The first-order valence-electron chi connectivity index (χ1n) is 11.1. The number of rotatable bonds is 11. The monoisotopic (exact) mass is 561 g/mol. The molecular formula is C24H30Cl3N3O4S. The highest BCUT2D eigenvalue weighted by Gasteiger charge is 2.31. The fraction of sp³-hybridized carbons (Fsp3) is 0.417. The second-order valence-corrected chi connectivity index (χ2v) is 11.7. The lowest BCUT2D eigenvalue weighted by Gasteiger charge is -2.33. The van der Waals surface area contributed by atoms with Crippen LogP contribution in [0.25, 0.3) is 0 Å². The van der Waals surface area contributed by atoms with E-state index < -0.39 is 28.5 Å². The van der Waals surface area contributed by atoms with Crippen molar-refractivity contribution in [2.45, 2.75) is 39.8 Å². The Hall–Kier alpha value is -2.00. The Morgan fingerprint density at radius 3 is 2.26 bits per heavy atom. The molecule has 11 heteroatoms. The fourth-order valence-corrected chi connectivity index (χ4v) is 4.77. The van der Waals surface area contributed by atoms with Crippen molar-refractivity contribution in [1.82, 2.24) is 10.2 Å². The Morgan fingerprint density at radius 2 is 1.71 bits per heavy atom. The van der Waals surface area contributed by atoms with Crippen LogP contribution in [0, 0.1) is 5.92 Å². The van der Waals surface area contributed by atoms with Crippen molar-refractivity contribution in [1.29, 1.82) is 0 Å². The SMILES string of the molecule is CC[C@H](C(=O)NCC(C)C)N(Cc1ccc(Cl)c(Cl)c1)C(=O)CN(c1cccc(Cl)c1)S(C)(=O)=O. The third kappa shape index (κ3) is 8.56. The number of halogens is 3. The van der Waals surface area contributed by atoms with Crippen molar-refractivity contribution in [3.63, 3.8) is 0 Å². The van der Waals surface area contributed by atoms with Gasteiger partial charge in [-0.25, -0.2) is 8.42 Å². The van der Waals surface area contributed by atoms with Crippen molar-refractivity contribution < 1.29 is 18.0 Å². The maximum absolute atomic E-state index is 13.6. The van der Waals surface area contributed by atoms with Gasteiger partial charge in [0, 0.05) is 18.1 Å². The maximum atomic E-state index is 13.6. The molecule has 0 heterocycles. The lowest BCUT2D eigenvalue weighted by Crippen LogP contribution is -2.52. The van der Waals surface area contributed by atoms with Gasteiger partial charge in [-0.05, 0) is 48.2 Å². The lowest BCUT2D eigenvalue weighted by atomic mass is 10.1. The second kappa shape index (κ2) is 12.8. The molecule has 0 unspecified atom stereocenters. The van der Waals surface area contributed by atoms with E-state index in [2.05, 4.69) is 5.32 Å². The number of benzene rings is 2. The van der Waals surface area contributed by atoms with Crippen LogP contribution in [0.1, 0.15) is 32.8 Å². The van der Waals surface area contributed by atoms with Gasteiger partial charge < -0.3 is 10.2 Å². The molecule has 1 atom stereocenters. The molecule has 0 aliphatic heterocycles. The molecule has 2 amide bonds. The lowest BCUT2D eigenvalue weighted by molar-refractivity contribution is -0.140. The van der Waals surface area contributed by atoms with Crippen molar-refractivity contribution in [2.75, 3.05) is 23.7 Å². The van der Waals surface area contributed by atoms with E-state index in [1.54, 1.807) is 43.3 Å². The summed E-state index contributed by atoms with van der Waals surface area (Å²) in [5.41, 5.74) is 0.900. The summed E-state index contributed by atoms with van der Waals surface area (Å²) < 4.78 is 26.2. The van der Waals surface area contributed by atoms with E-state index in [-0.39, 0.29) is 24.1 Å². The fourth-order valence-electron chi connectivity index (χ4n) is 3.42. The van der Waals surface area contributed by atoms with Crippen LogP contribution in [0.4, 0.5) is 5.69 Å². The third-order valence-corrected chi connectivity index (χ3v) is 7.30. The summed E-state index contributed by atoms with van der Waals surface area (Å²) in [6, 6.07) is 10.3. The van der Waals surface area contributed by atoms with E-state index in [4.69, 9.17) is 34.8 Å². The van der Waals surface area contributed by atoms with Crippen molar-refractivity contribution in [2.24, 2.45) is 5.92 Å². The Bertz CT molecular complexity index is 1160. The normalized spacial score (nSPS) is 12.3. The number of carbonyl (C=O) groups excluding carboxylic acids is 2. The first kappa shape index (κ1) is 29.2. The molecule has 2 rings (SSSR count). The molecule has 35 heavy (non-hydrogen) atoms. The molecule has 2 aromatic rings. The minimum absolute atomic E-state index is 0.0382.